The van der Waals surface area contributed by atoms with E-state index in [9.17, 15) is 9.59 Å². The molecule has 0 saturated carbocycles. The second kappa shape index (κ2) is 6.02. The number of carboxylic acid groups (broad SMARTS) is 1. The second-order valence-corrected chi connectivity index (χ2v) is 4.21. The standard InChI is InChI=1S/C16H14O4/c1-2-20-15(17)8-4-11-3-5-13-10-14(16(18)19)7-6-12(13)9-11/h3-10H,2H2,1H3,(H,18,19). The molecule has 0 bridgehead atoms. The van der Waals surface area contributed by atoms with Crippen LogP contribution in [0.1, 0.15) is 22.8 Å². The Balaban J connectivity index is 2.28. The maximum Gasteiger partial charge on any atom is 0.335 e. The van der Waals surface area contributed by atoms with Gasteiger partial charge in [-0.1, -0.05) is 18.2 Å². The molecule has 102 valence electrons. The topological polar surface area (TPSA) is 63.6 Å². The van der Waals surface area contributed by atoms with Gasteiger partial charge in [0.25, 0.3) is 0 Å². The van der Waals surface area contributed by atoms with Gasteiger partial charge in [0.05, 0.1) is 12.2 Å². The van der Waals surface area contributed by atoms with E-state index in [1.807, 2.05) is 18.2 Å². The molecule has 0 fully saturated rings. The average molecular weight is 270 g/mol. The number of carbonyl (C=O) groups is 2. The number of esters is 1. The highest BCUT2D eigenvalue weighted by Gasteiger charge is 2.03. The first kappa shape index (κ1) is 13.8. The lowest BCUT2D eigenvalue weighted by Gasteiger charge is -2.02. The van der Waals surface area contributed by atoms with E-state index in [0.29, 0.717) is 6.61 Å². The summed E-state index contributed by atoms with van der Waals surface area (Å²) in [5, 5.41) is 10.7. The van der Waals surface area contributed by atoms with Crippen LogP contribution < -0.4 is 0 Å². The molecule has 0 aliphatic rings. The van der Waals surface area contributed by atoms with E-state index in [1.54, 1.807) is 31.2 Å². The van der Waals surface area contributed by atoms with Crippen LogP contribution in [0.2, 0.25) is 0 Å². The molecular formula is C16H14O4. The lowest BCUT2D eigenvalue weighted by molar-refractivity contribution is -0.137. The van der Waals surface area contributed by atoms with Crippen LogP contribution in [0.15, 0.2) is 42.5 Å². The molecule has 0 aliphatic heterocycles. The highest BCUT2D eigenvalue weighted by Crippen LogP contribution is 2.19. The van der Waals surface area contributed by atoms with Crippen molar-refractivity contribution in [1.29, 1.82) is 0 Å². The second-order valence-electron chi connectivity index (χ2n) is 4.21. The Morgan fingerprint density at radius 1 is 1.15 bits per heavy atom. The molecule has 0 heterocycles. The summed E-state index contributed by atoms with van der Waals surface area (Å²) < 4.78 is 4.80. The summed E-state index contributed by atoms with van der Waals surface area (Å²) in [6.45, 7) is 2.10. The minimum atomic E-state index is -0.946. The van der Waals surface area contributed by atoms with Gasteiger partial charge in [-0.2, -0.15) is 0 Å². The van der Waals surface area contributed by atoms with Gasteiger partial charge in [-0.3, -0.25) is 0 Å². The number of ether oxygens (including phenoxy) is 1. The molecule has 0 aliphatic carbocycles. The smallest absolute Gasteiger partial charge is 0.335 e. The molecule has 4 heteroatoms. The third-order valence-electron chi connectivity index (χ3n) is 2.81. The van der Waals surface area contributed by atoms with Gasteiger partial charge in [0.15, 0.2) is 0 Å². The molecule has 2 rings (SSSR count). The fraction of sp³-hybridized carbons (Fsp3) is 0.125. The Bertz CT molecular complexity index is 686. The SMILES string of the molecule is CCOC(=O)C=Cc1ccc2cc(C(=O)O)ccc2c1. The molecule has 1 N–H and O–H groups in total. The minimum absolute atomic E-state index is 0.257. The monoisotopic (exact) mass is 270 g/mol. The van der Waals surface area contributed by atoms with E-state index in [4.69, 9.17) is 9.84 Å². The van der Waals surface area contributed by atoms with Crippen LogP contribution in [-0.4, -0.2) is 23.7 Å². The highest BCUT2D eigenvalue weighted by atomic mass is 16.5. The number of carboxylic acids is 1. The summed E-state index contributed by atoms with van der Waals surface area (Å²) in [5.74, 6) is -1.33. The molecular weight excluding hydrogens is 256 g/mol. The van der Waals surface area contributed by atoms with Gasteiger partial charge in [0.2, 0.25) is 0 Å². The van der Waals surface area contributed by atoms with Crippen molar-refractivity contribution in [3.63, 3.8) is 0 Å². The van der Waals surface area contributed by atoms with Crippen molar-refractivity contribution >= 4 is 28.8 Å². The van der Waals surface area contributed by atoms with Crippen molar-refractivity contribution in [1.82, 2.24) is 0 Å². The fourth-order valence-corrected chi connectivity index (χ4v) is 1.86. The molecule has 0 aromatic heterocycles. The maximum absolute atomic E-state index is 11.2. The largest absolute Gasteiger partial charge is 0.478 e. The van der Waals surface area contributed by atoms with Gasteiger partial charge >= 0.3 is 11.9 Å². The summed E-state index contributed by atoms with van der Waals surface area (Å²) in [4.78, 5) is 22.1. The van der Waals surface area contributed by atoms with Gasteiger partial charge in [0.1, 0.15) is 0 Å². The normalized spacial score (nSPS) is 10.8. The molecule has 0 spiro atoms. The van der Waals surface area contributed by atoms with Crippen LogP contribution in [0.4, 0.5) is 0 Å². The molecule has 0 radical (unpaired) electrons. The van der Waals surface area contributed by atoms with E-state index in [2.05, 4.69) is 0 Å². The van der Waals surface area contributed by atoms with Crippen LogP contribution in [0.25, 0.3) is 16.8 Å². The molecule has 4 nitrogen and oxygen atoms in total. The van der Waals surface area contributed by atoms with Crippen LogP contribution in [0.3, 0.4) is 0 Å². The molecule has 0 unspecified atom stereocenters. The summed E-state index contributed by atoms with van der Waals surface area (Å²) >= 11 is 0. The zero-order valence-electron chi connectivity index (χ0n) is 11.0. The first-order valence-corrected chi connectivity index (χ1v) is 6.22. The Labute approximate surface area is 116 Å². The van der Waals surface area contributed by atoms with Crippen molar-refractivity contribution < 1.29 is 19.4 Å². The average Bonchev–Trinajstić information content (AvgIpc) is 2.44. The zero-order valence-corrected chi connectivity index (χ0v) is 11.0. The number of hydrogen-bond acceptors (Lipinski definition) is 3. The Morgan fingerprint density at radius 3 is 2.55 bits per heavy atom. The van der Waals surface area contributed by atoms with Crippen molar-refractivity contribution in [2.75, 3.05) is 6.61 Å². The molecule has 2 aromatic rings. The number of hydrogen-bond donors (Lipinski definition) is 1. The predicted molar refractivity (Wildman–Crippen MR) is 76.6 cm³/mol. The summed E-state index contributed by atoms with van der Waals surface area (Å²) in [7, 11) is 0. The Kier molecular flexibility index (Phi) is 4.15. The molecule has 2 aromatic carbocycles. The minimum Gasteiger partial charge on any atom is -0.478 e. The number of aromatic carboxylic acids is 1. The Hall–Kier alpha value is -2.62. The van der Waals surface area contributed by atoms with E-state index in [1.165, 1.54) is 6.08 Å². The van der Waals surface area contributed by atoms with Gasteiger partial charge in [-0.25, -0.2) is 9.59 Å². The maximum atomic E-state index is 11.2. The molecule has 20 heavy (non-hydrogen) atoms. The Morgan fingerprint density at radius 2 is 1.85 bits per heavy atom. The summed E-state index contributed by atoms with van der Waals surface area (Å²) in [6.07, 6.45) is 3.04. The summed E-state index contributed by atoms with van der Waals surface area (Å²) in [5.41, 5.74) is 1.11. The lowest BCUT2D eigenvalue weighted by Crippen LogP contribution is -1.98. The molecule has 0 saturated heterocycles. The van der Waals surface area contributed by atoms with Crippen molar-refractivity contribution in [3.05, 3.63) is 53.6 Å². The van der Waals surface area contributed by atoms with Gasteiger partial charge in [-0.15, -0.1) is 0 Å². The van der Waals surface area contributed by atoms with Crippen molar-refractivity contribution in [3.8, 4) is 0 Å². The van der Waals surface area contributed by atoms with E-state index in [-0.39, 0.29) is 11.5 Å². The van der Waals surface area contributed by atoms with Crippen LogP contribution in [0.5, 0.6) is 0 Å². The summed E-state index contributed by atoms with van der Waals surface area (Å²) in [6, 6.07) is 10.5. The van der Waals surface area contributed by atoms with E-state index < -0.39 is 5.97 Å². The first-order chi connectivity index (χ1) is 9.60. The van der Waals surface area contributed by atoms with Crippen LogP contribution in [0, 0.1) is 0 Å². The molecule has 0 amide bonds. The highest BCUT2D eigenvalue weighted by molar-refractivity contribution is 5.95. The first-order valence-electron chi connectivity index (χ1n) is 6.22. The number of carbonyl (C=O) groups excluding carboxylic acids is 1. The third-order valence-corrected chi connectivity index (χ3v) is 2.81. The van der Waals surface area contributed by atoms with E-state index >= 15 is 0 Å². The fourth-order valence-electron chi connectivity index (χ4n) is 1.86. The van der Waals surface area contributed by atoms with Crippen LogP contribution >= 0.6 is 0 Å². The quantitative estimate of drug-likeness (QED) is 0.685. The third kappa shape index (κ3) is 3.23. The number of rotatable bonds is 4. The van der Waals surface area contributed by atoms with Gasteiger partial charge in [-0.05, 0) is 47.5 Å². The van der Waals surface area contributed by atoms with Crippen molar-refractivity contribution in [2.24, 2.45) is 0 Å². The number of fused-ring (bicyclic) bond motifs is 1. The zero-order chi connectivity index (χ0) is 14.5. The lowest BCUT2D eigenvalue weighted by atomic mass is 10.0. The van der Waals surface area contributed by atoms with Crippen molar-refractivity contribution in [2.45, 2.75) is 6.92 Å². The molecule has 0 atom stereocenters. The van der Waals surface area contributed by atoms with Gasteiger partial charge < -0.3 is 9.84 Å². The number of benzene rings is 2. The van der Waals surface area contributed by atoms with E-state index in [0.717, 1.165) is 16.3 Å². The van der Waals surface area contributed by atoms with Crippen LogP contribution in [-0.2, 0) is 9.53 Å². The predicted octanol–water partition coefficient (Wildman–Crippen LogP) is 3.11. The van der Waals surface area contributed by atoms with Gasteiger partial charge in [0, 0.05) is 6.08 Å².